The molecule has 2 rings (SSSR count). The number of hydrogen-bond donors (Lipinski definition) is 1. The summed E-state index contributed by atoms with van der Waals surface area (Å²) in [5.74, 6) is -0.567. The molecular formula is C10H9FN2O. The first-order chi connectivity index (χ1) is 6.74. The van der Waals surface area contributed by atoms with E-state index in [1.165, 1.54) is 6.07 Å². The molecule has 14 heavy (non-hydrogen) atoms. The van der Waals surface area contributed by atoms with E-state index in [0.717, 1.165) is 4.40 Å². The van der Waals surface area contributed by atoms with Crippen molar-refractivity contribution >= 4 is 5.52 Å². The molecule has 72 valence electrons. The van der Waals surface area contributed by atoms with Gasteiger partial charge in [-0.15, -0.1) is 0 Å². The molecule has 0 aromatic carbocycles. The standard InChI is InChI=1S/C10H9FN2O/c11-9-3-1-2-8-5-4-7(6-12)10(14)13(8)9/h1-5H,6,12H2. The lowest BCUT2D eigenvalue weighted by molar-refractivity contribution is 0.560. The summed E-state index contributed by atoms with van der Waals surface area (Å²) < 4.78 is 14.3. The van der Waals surface area contributed by atoms with Gasteiger partial charge >= 0.3 is 0 Å². The summed E-state index contributed by atoms with van der Waals surface area (Å²) in [6.07, 6.45) is 0. The molecule has 2 aromatic rings. The Hall–Kier alpha value is -1.68. The summed E-state index contributed by atoms with van der Waals surface area (Å²) in [5.41, 5.74) is 5.91. The van der Waals surface area contributed by atoms with E-state index in [-0.39, 0.29) is 12.1 Å². The van der Waals surface area contributed by atoms with Crippen molar-refractivity contribution in [2.45, 2.75) is 6.54 Å². The third-order valence-corrected chi connectivity index (χ3v) is 2.13. The number of rotatable bonds is 1. The SMILES string of the molecule is NCc1ccc2cccc(F)n2c1=O. The van der Waals surface area contributed by atoms with Gasteiger partial charge in [0.2, 0.25) is 5.95 Å². The predicted molar refractivity (Wildman–Crippen MR) is 51.5 cm³/mol. The van der Waals surface area contributed by atoms with Gasteiger partial charge in [-0.1, -0.05) is 12.1 Å². The molecule has 0 radical (unpaired) electrons. The molecule has 0 amide bonds. The summed E-state index contributed by atoms with van der Waals surface area (Å²) in [6, 6.07) is 7.77. The molecule has 0 atom stereocenters. The lowest BCUT2D eigenvalue weighted by atomic mass is 10.2. The normalized spacial score (nSPS) is 10.7. The minimum Gasteiger partial charge on any atom is -0.326 e. The second-order valence-electron chi connectivity index (χ2n) is 2.98. The second-order valence-corrected chi connectivity index (χ2v) is 2.98. The number of nitrogens with two attached hydrogens (primary N) is 1. The van der Waals surface area contributed by atoms with Gasteiger partial charge in [-0.05, 0) is 18.2 Å². The fourth-order valence-electron chi connectivity index (χ4n) is 1.40. The molecule has 0 unspecified atom stereocenters. The van der Waals surface area contributed by atoms with E-state index >= 15 is 0 Å². The van der Waals surface area contributed by atoms with Gasteiger partial charge in [0.25, 0.3) is 5.56 Å². The number of hydrogen-bond acceptors (Lipinski definition) is 2. The van der Waals surface area contributed by atoms with Crippen molar-refractivity contribution in [1.29, 1.82) is 0 Å². The predicted octanol–water partition coefficient (Wildman–Crippen LogP) is 0.897. The average molecular weight is 192 g/mol. The molecule has 0 aliphatic rings. The van der Waals surface area contributed by atoms with Crippen LogP contribution in [-0.4, -0.2) is 4.40 Å². The van der Waals surface area contributed by atoms with E-state index in [1.54, 1.807) is 24.3 Å². The first-order valence-electron chi connectivity index (χ1n) is 4.23. The number of fused-ring (bicyclic) bond motifs is 1. The van der Waals surface area contributed by atoms with E-state index < -0.39 is 5.95 Å². The van der Waals surface area contributed by atoms with Gasteiger partial charge < -0.3 is 5.73 Å². The Labute approximate surface area is 79.6 Å². The molecule has 0 saturated carbocycles. The number of halogens is 1. The molecule has 3 nitrogen and oxygen atoms in total. The number of pyridine rings is 2. The molecule has 2 aromatic heterocycles. The molecule has 0 bridgehead atoms. The fourth-order valence-corrected chi connectivity index (χ4v) is 1.40. The molecule has 0 saturated heterocycles. The monoisotopic (exact) mass is 192 g/mol. The van der Waals surface area contributed by atoms with Crippen LogP contribution in [-0.2, 0) is 6.54 Å². The summed E-state index contributed by atoms with van der Waals surface area (Å²) in [4.78, 5) is 11.6. The van der Waals surface area contributed by atoms with Crippen LogP contribution < -0.4 is 11.3 Å². The van der Waals surface area contributed by atoms with E-state index in [1.807, 2.05) is 0 Å². The van der Waals surface area contributed by atoms with Crippen LogP contribution in [0.2, 0.25) is 0 Å². The lowest BCUT2D eigenvalue weighted by Crippen LogP contribution is -2.22. The Bertz CT molecular complexity index is 533. The van der Waals surface area contributed by atoms with Crippen LogP contribution in [0.3, 0.4) is 0 Å². The van der Waals surface area contributed by atoms with E-state index in [4.69, 9.17) is 5.73 Å². The highest BCUT2D eigenvalue weighted by Crippen LogP contribution is 2.04. The zero-order chi connectivity index (χ0) is 10.1. The Morgan fingerprint density at radius 1 is 1.29 bits per heavy atom. The summed E-state index contributed by atoms with van der Waals surface area (Å²) in [5, 5.41) is 0. The van der Waals surface area contributed by atoms with Crippen molar-refractivity contribution < 1.29 is 4.39 Å². The number of nitrogens with zero attached hydrogens (tertiary/aromatic N) is 1. The highest BCUT2D eigenvalue weighted by atomic mass is 19.1. The maximum atomic E-state index is 13.3. The van der Waals surface area contributed by atoms with Gasteiger partial charge in [-0.3, -0.25) is 9.20 Å². The maximum Gasteiger partial charge on any atom is 0.261 e. The number of aromatic nitrogens is 1. The first-order valence-corrected chi connectivity index (χ1v) is 4.23. The molecule has 0 aliphatic heterocycles. The Kier molecular flexibility index (Phi) is 2.05. The van der Waals surface area contributed by atoms with E-state index in [0.29, 0.717) is 11.1 Å². The molecule has 0 fully saturated rings. The van der Waals surface area contributed by atoms with Gasteiger partial charge in [0.1, 0.15) is 0 Å². The van der Waals surface area contributed by atoms with Crippen LogP contribution in [0.25, 0.3) is 5.52 Å². The molecule has 2 N–H and O–H groups in total. The molecule has 0 spiro atoms. The Morgan fingerprint density at radius 2 is 2.07 bits per heavy atom. The van der Waals surface area contributed by atoms with E-state index in [2.05, 4.69) is 0 Å². The van der Waals surface area contributed by atoms with Crippen LogP contribution >= 0.6 is 0 Å². The highest BCUT2D eigenvalue weighted by Gasteiger charge is 2.04. The lowest BCUT2D eigenvalue weighted by Gasteiger charge is -2.03. The third-order valence-electron chi connectivity index (χ3n) is 2.13. The van der Waals surface area contributed by atoms with Gasteiger partial charge in [-0.2, -0.15) is 4.39 Å². The Balaban J connectivity index is 2.94. The topological polar surface area (TPSA) is 47.5 Å². The van der Waals surface area contributed by atoms with Gasteiger partial charge in [-0.25, -0.2) is 0 Å². The van der Waals surface area contributed by atoms with Gasteiger partial charge in [0.15, 0.2) is 0 Å². The maximum absolute atomic E-state index is 13.3. The summed E-state index contributed by atoms with van der Waals surface area (Å²) in [7, 11) is 0. The minimum atomic E-state index is -0.567. The van der Waals surface area contributed by atoms with Crippen molar-refractivity contribution in [2.75, 3.05) is 0 Å². The summed E-state index contributed by atoms with van der Waals surface area (Å²) in [6.45, 7) is 0.121. The smallest absolute Gasteiger partial charge is 0.261 e. The third kappa shape index (κ3) is 1.20. The largest absolute Gasteiger partial charge is 0.326 e. The Morgan fingerprint density at radius 3 is 2.79 bits per heavy atom. The van der Waals surface area contributed by atoms with Crippen molar-refractivity contribution in [3.63, 3.8) is 0 Å². The van der Waals surface area contributed by atoms with Crippen LogP contribution in [0, 0.1) is 5.95 Å². The molecule has 0 aliphatic carbocycles. The van der Waals surface area contributed by atoms with Crippen LogP contribution in [0.4, 0.5) is 4.39 Å². The quantitative estimate of drug-likeness (QED) is 0.682. The van der Waals surface area contributed by atoms with Crippen molar-refractivity contribution in [3.8, 4) is 0 Å². The van der Waals surface area contributed by atoms with Crippen LogP contribution in [0.15, 0.2) is 35.1 Å². The van der Waals surface area contributed by atoms with Crippen molar-refractivity contribution in [1.82, 2.24) is 4.40 Å². The molecular weight excluding hydrogens is 183 g/mol. The van der Waals surface area contributed by atoms with Crippen LogP contribution in [0.1, 0.15) is 5.56 Å². The molecule has 2 heterocycles. The zero-order valence-corrected chi connectivity index (χ0v) is 7.40. The summed E-state index contributed by atoms with van der Waals surface area (Å²) >= 11 is 0. The fraction of sp³-hybridized carbons (Fsp3) is 0.100. The highest BCUT2D eigenvalue weighted by molar-refractivity contribution is 5.47. The second kappa shape index (κ2) is 3.23. The average Bonchev–Trinajstić information content (AvgIpc) is 2.18. The first kappa shape index (κ1) is 8.90. The zero-order valence-electron chi connectivity index (χ0n) is 7.40. The van der Waals surface area contributed by atoms with Crippen molar-refractivity contribution in [3.05, 3.63) is 52.2 Å². The van der Waals surface area contributed by atoms with Crippen molar-refractivity contribution in [2.24, 2.45) is 5.73 Å². The minimum absolute atomic E-state index is 0.121. The molecule has 4 heteroatoms. The van der Waals surface area contributed by atoms with Gasteiger partial charge in [0, 0.05) is 12.1 Å². The van der Waals surface area contributed by atoms with E-state index in [9.17, 15) is 9.18 Å². The van der Waals surface area contributed by atoms with Crippen LogP contribution in [0.5, 0.6) is 0 Å². The van der Waals surface area contributed by atoms with Gasteiger partial charge in [0.05, 0.1) is 5.52 Å².